The number of anilines is 1. The third-order valence-electron chi connectivity index (χ3n) is 3.48. The Morgan fingerprint density at radius 2 is 1.42 bits per heavy atom. The van der Waals surface area contributed by atoms with Crippen molar-refractivity contribution >= 4 is 23.5 Å². The van der Waals surface area contributed by atoms with E-state index in [0.717, 1.165) is 0 Å². The highest BCUT2D eigenvalue weighted by Crippen LogP contribution is 2.18. The summed E-state index contributed by atoms with van der Waals surface area (Å²) in [6, 6.07) is 12.9. The minimum atomic E-state index is -0.471. The molecule has 0 radical (unpaired) electrons. The van der Waals surface area contributed by atoms with Crippen molar-refractivity contribution < 1.29 is 19.1 Å². The summed E-state index contributed by atoms with van der Waals surface area (Å²) in [5.74, 6) is -1.12. The molecule has 2 N–H and O–H groups in total. The minimum Gasteiger partial charge on any atom is -0.465 e. The topological polar surface area (TPSA) is 84.5 Å². The fourth-order valence-electron chi connectivity index (χ4n) is 2.27. The van der Waals surface area contributed by atoms with Gasteiger partial charge in [-0.3, -0.25) is 9.59 Å². The lowest BCUT2D eigenvalue weighted by molar-refractivity contribution is 0.0600. The molecule has 0 heterocycles. The molecule has 0 aromatic heterocycles. The van der Waals surface area contributed by atoms with Gasteiger partial charge in [-0.05, 0) is 57.2 Å². The molecule has 0 aliphatic carbocycles. The Labute approximate surface area is 152 Å². The lowest BCUT2D eigenvalue weighted by Gasteiger charge is -2.21. The number of methoxy groups -OCH3 is 1. The number of amides is 2. The van der Waals surface area contributed by atoms with E-state index in [1.54, 1.807) is 24.3 Å². The average molecular weight is 354 g/mol. The number of esters is 1. The number of nitrogens with one attached hydrogen (secondary N) is 2. The molecule has 6 nitrogen and oxygen atoms in total. The average Bonchev–Trinajstić information content (AvgIpc) is 2.60. The van der Waals surface area contributed by atoms with Gasteiger partial charge in [-0.25, -0.2) is 4.79 Å². The van der Waals surface area contributed by atoms with Gasteiger partial charge in [0, 0.05) is 11.1 Å². The summed E-state index contributed by atoms with van der Waals surface area (Å²) in [5, 5.41) is 5.61. The van der Waals surface area contributed by atoms with Crippen molar-refractivity contribution in [1.29, 1.82) is 0 Å². The Morgan fingerprint density at radius 1 is 0.846 bits per heavy atom. The van der Waals surface area contributed by atoms with Crippen molar-refractivity contribution in [3.8, 4) is 0 Å². The van der Waals surface area contributed by atoms with E-state index in [1.807, 2.05) is 20.8 Å². The van der Waals surface area contributed by atoms with Crippen molar-refractivity contribution in [3.63, 3.8) is 0 Å². The summed E-state index contributed by atoms with van der Waals surface area (Å²) in [6.45, 7) is 5.65. The fourth-order valence-corrected chi connectivity index (χ4v) is 2.27. The number of hydrogen-bond donors (Lipinski definition) is 2. The van der Waals surface area contributed by atoms with Crippen LogP contribution in [0, 0.1) is 0 Å². The summed E-state index contributed by atoms with van der Waals surface area (Å²) in [7, 11) is 1.29. The van der Waals surface area contributed by atoms with Gasteiger partial charge in [0.2, 0.25) is 0 Å². The van der Waals surface area contributed by atoms with Gasteiger partial charge in [-0.1, -0.05) is 12.1 Å². The van der Waals surface area contributed by atoms with Crippen LogP contribution in [0.3, 0.4) is 0 Å². The molecule has 0 spiro atoms. The molecule has 26 heavy (non-hydrogen) atoms. The molecular formula is C20H22N2O4. The fraction of sp³-hybridized carbons (Fsp3) is 0.250. The first-order valence-electron chi connectivity index (χ1n) is 8.12. The quantitative estimate of drug-likeness (QED) is 0.826. The van der Waals surface area contributed by atoms with Gasteiger partial charge in [-0.2, -0.15) is 0 Å². The largest absolute Gasteiger partial charge is 0.465 e. The minimum absolute atomic E-state index is 0.269. The predicted octanol–water partition coefficient (Wildman–Crippen LogP) is 3.25. The molecular weight excluding hydrogens is 332 g/mol. The summed E-state index contributed by atoms with van der Waals surface area (Å²) >= 11 is 0. The van der Waals surface area contributed by atoms with Crippen molar-refractivity contribution in [3.05, 3.63) is 65.2 Å². The second kappa shape index (κ2) is 7.82. The highest BCUT2D eigenvalue weighted by atomic mass is 16.5. The maximum atomic E-state index is 12.5. The summed E-state index contributed by atoms with van der Waals surface area (Å²) in [5.41, 5.74) is 1.12. The van der Waals surface area contributed by atoms with E-state index >= 15 is 0 Å². The molecule has 6 heteroatoms. The second-order valence-corrected chi connectivity index (χ2v) is 6.77. The van der Waals surface area contributed by atoms with E-state index < -0.39 is 11.5 Å². The Kier molecular flexibility index (Phi) is 5.77. The van der Waals surface area contributed by atoms with Gasteiger partial charge in [0.15, 0.2) is 0 Å². The molecule has 2 amide bonds. The molecule has 2 rings (SSSR count). The molecule has 0 saturated carbocycles. The molecule has 0 fully saturated rings. The van der Waals surface area contributed by atoms with Crippen LogP contribution in [0.15, 0.2) is 48.5 Å². The molecule has 2 aromatic rings. The summed E-state index contributed by atoms with van der Waals surface area (Å²) < 4.78 is 4.63. The maximum Gasteiger partial charge on any atom is 0.337 e. The first-order chi connectivity index (χ1) is 12.2. The van der Waals surface area contributed by atoms with Crippen LogP contribution in [0.5, 0.6) is 0 Å². The van der Waals surface area contributed by atoms with Crippen LogP contribution >= 0.6 is 0 Å². The molecule has 0 aliphatic heterocycles. The van der Waals surface area contributed by atoms with Crippen LogP contribution in [0.25, 0.3) is 0 Å². The Hall–Kier alpha value is -3.15. The molecule has 136 valence electrons. The lowest BCUT2D eigenvalue weighted by atomic mass is 10.1. The summed E-state index contributed by atoms with van der Waals surface area (Å²) in [6.07, 6.45) is 0. The number of hydrogen-bond acceptors (Lipinski definition) is 4. The van der Waals surface area contributed by atoms with Gasteiger partial charge in [0.1, 0.15) is 0 Å². The predicted molar refractivity (Wildman–Crippen MR) is 99.4 cm³/mol. The first kappa shape index (κ1) is 19.2. The molecule has 0 atom stereocenters. The first-order valence-corrected chi connectivity index (χ1v) is 8.12. The zero-order chi connectivity index (χ0) is 19.3. The van der Waals surface area contributed by atoms with Crippen LogP contribution in [-0.4, -0.2) is 30.4 Å². The maximum absolute atomic E-state index is 12.5. The highest BCUT2D eigenvalue weighted by Gasteiger charge is 2.19. The summed E-state index contributed by atoms with van der Waals surface area (Å²) in [4.78, 5) is 36.4. The molecule has 0 unspecified atom stereocenters. The molecule has 0 aliphatic rings. The number of benzene rings is 2. The van der Waals surface area contributed by atoms with E-state index in [2.05, 4.69) is 15.4 Å². The number of carbonyl (C=O) groups excluding carboxylic acids is 3. The van der Waals surface area contributed by atoms with Gasteiger partial charge >= 0.3 is 5.97 Å². The lowest BCUT2D eigenvalue weighted by Crippen LogP contribution is -2.40. The van der Waals surface area contributed by atoms with E-state index in [4.69, 9.17) is 0 Å². The van der Waals surface area contributed by atoms with Crippen molar-refractivity contribution in [2.75, 3.05) is 12.4 Å². The Balaban J connectivity index is 2.19. The van der Waals surface area contributed by atoms with Crippen molar-refractivity contribution in [1.82, 2.24) is 5.32 Å². The van der Waals surface area contributed by atoms with Crippen molar-refractivity contribution in [2.24, 2.45) is 0 Å². The third kappa shape index (κ3) is 4.92. The zero-order valence-corrected chi connectivity index (χ0v) is 15.3. The third-order valence-corrected chi connectivity index (χ3v) is 3.48. The molecule has 0 bridgehead atoms. The van der Waals surface area contributed by atoms with Gasteiger partial charge in [0.05, 0.1) is 23.9 Å². The smallest absolute Gasteiger partial charge is 0.337 e. The number of rotatable bonds is 4. The normalized spacial score (nSPS) is 10.8. The SMILES string of the molecule is COC(=O)c1ccc(C(=O)Nc2ccccc2C(=O)NC(C)(C)C)cc1. The van der Waals surface area contributed by atoms with Gasteiger partial charge < -0.3 is 15.4 Å². The van der Waals surface area contributed by atoms with E-state index in [1.165, 1.54) is 31.4 Å². The standard InChI is InChI=1S/C20H22N2O4/c1-20(2,3)22-18(24)15-7-5-6-8-16(15)21-17(23)13-9-11-14(12-10-13)19(25)26-4/h5-12H,1-4H3,(H,21,23)(H,22,24). The zero-order valence-electron chi connectivity index (χ0n) is 15.3. The van der Waals surface area contributed by atoms with Crippen LogP contribution in [-0.2, 0) is 4.74 Å². The van der Waals surface area contributed by atoms with Crippen LogP contribution in [0.1, 0.15) is 51.8 Å². The molecule has 2 aromatic carbocycles. The number of para-hydroxylation sites is 1. The van der Waals surface area contributed by atoms with E-state index in [0.29, 0.717) is 22.4 Å². The highest BCUT2D eigenvalue weighted by molar-refractivity contribution is 6.09. The second-order valence-electron chi connectivity index (χ2n) is 6.77. The monoisotopic (exact) mass is 354 g/mol. The molecule has 0 saturated heterocycles. The van der Waals surface area contributed by atoms with Crippen LogP contribution < -0.4 is 10.6 Å². The number of ether oxygens (including phenoxy) is 1. The Bertz CT molecular complexity index is 820. The Morgan fingerprint density at radius 3 is 2.00 bits per heavy atom. The van der Waals surface area contributed by atoms with Crippen molar-refractivity contribution in [2.45, 2.75) is 26.3 Å². The van der Waals surface area contributed by atoms with E-state index in [9.17, 15) is 14.4 Å². The van der Waals surface area contributed by atoms with Gasteiger partial charge in [-0.15, -0.1) is 0 Å². The van der Waals surface area contributed by atoms with E-state index in [-0.39, 0.29) is 11.8 Å². The van der Waals surface area contributed by atoms with Crippen LogP contribution in [0.2, 0.25) is 0 Å². The van der Waals surface area contributed by atoms with Crippen LogP contribution in [0.4, 0.5) is 5.69 Å². The van der Waals surface area contributed by atoms with Gasteiger partial charge in [0.25, 0.3) is 11.8 Å². The number of carbonyl (C=O) groups is 3.